The van der Waals surface area contributed by atoms with Crippen LogP contribution in [0.2, 0.25) is 0 Å². The van der Waals surface area contributed by atoms with E-state index in [1.165, 1.54) is 14.0 Å². The first-order valence-corrected chi connectivity index (χ1v) is 8.29. The minimum atomic E-state index is -0.976. The number of rotatable bonds is 12. The van der Waals surface area contributed by atoms with Crippen LogP contribution in [0, 0.1) is 5.41 Å². The van der Waals surface area contributed by atoms with Gasteiger partial charge in [-0.1, -0.05) is 0 Å². The Hall–Kier alpha value is -1.18. The molecule has 0 aromatic rings. The minimum absolute atomic E-state index is 0.0423. The number of hydrogen-bond donors (Lipinski definition) is 0. The maximum absolute atomic E-state index is 12.3. The number of hydrogen-bond acceptors (Lipinski definition) is 6. The highest BCUT2D eigenvalue weighted by atomic mass is 16.6. The average Bonchev–Trinajstić information content (AvgIpc) is 2.48. The number of likely N-dealkylation sites (N-methyl/N-ethyl adjacent to an activating group) is 2. The largest absolute Gasteiger partial charge is 0.465 e. The number of ether oxygens (including phenoxy) is 3. The van der Waals surface area contributed by atoms with E-state index in [-0.39, 0.29) is 13.2 Å². The van der Waals surface area contributed by atoms with Crippen LogP contribution in [0.25, 0.3) is 0 Å². The Bertz CT molecular complexity index is 398. The van der Waals surface area contributed by atoms with Gasteiger partial charge in [-0.25, -0.2) is 0 Å². The summed E-state index contributed by atoms with van der Waals surface area (Å²) >= 11 is 0. The predicted octanol–water partition coefficient (Wildman–Crippen LogP) is 0.774. The number of esters is 2. The van der Waals surface area contributed by atoms with E-state index in [4.69, 9.17) is 14.2 Å². The van der Waals surface area contributed by atoms with Gasteiger partial charge in [-0.3, -0.25) is 9.59 Å². The third-order valence-corrected chi connectivity index (χ3v) is 3.84. The monoisotopic (exact) mass is 347 g/mol. The highest BCUT2D eigenvalue weighted by molar-refractivity contribution is 5.77. The number of methoxy groups -OCH3 is 1. The van der Waals surface area contributed by atoms with Gasteiger partial charge in [0.15, 0.2) is 0 Å². The van der Waals surface area contributed by atoms with Crippen LogP contribution in [-0.2, 0) is 23.8 Å². The third-order valence-electron chi connectivity index (χ3n) is 3.84. The van der Waals surface area contributed by atoms with Gasteiger partial charge in [-0.15, -0.1) is 0 Å². The SMILES string of the molecule is COCC(C)(COC(C)=O)C(=O)OCCC[N+](C)(C)CCN(C)C. The molecule has 0 fully saturated rings. The second-order valence-corrected chi connectivity index (χ2v) is 7.45. The van der Waals surface area contributed by atoms with Gasteiger partial charge >= 0.3 is 11.9 Å². The van der Waals surface area contributed by atoms with E-state index in [1.54, 1.807) is 6.92 Å². The third kappa shape index (κ3) is 9.85. The maximum atomic E-state index is 12.3. The summed E-state index contributed by atoms with van der Waals surface area (Å²) in [5.74, 6) is -0.825. The number of quaternary nitrogens is 1. The lowest BCUT2D eigenvalue weighted by molar-refractivity contribution is -0.890. The summed E-state index contributed by atoms with van der Waals surface area (Å²) in [6.45, 7) is 6.41. The molecule has 7 heteroatoms. The highest BCUT2D eigenvalue weighted by Gasteiger charge is 2.36. The molecule has 0 spiro atoms. The molecule has 0 N–H and O–H groups in total. The van der Waals surface area contributed by atoms with Crippen LogP contribution in [0.15, 0.2) is 0 Å². The van der Waals surface area contributed by atoms with Crippen molar-refractivity contribution in [3.05, 3.63) is 0 Å². The van der Waals surface area contributed by atoms with Gasteiger partial charge in [0.25, 0.3) is 0 Å². The Morgan fingerprint density at radius 1 is 1.08 bits per heavy atom. The van der Waals surface area contributed by atoms with Crippen molar-refractivity contribution in [2.45, 2.75) is 20.3 Å². The van der Waals surface area contributed by atoms with Gasteiger partial charge in [-0.05, 0) is 21.0 Å². The van der Waals surface area contributed by atoms with Crippen molar-refractivity contribution in [1.29, 1.82) is 0 Å². The first-order chi connectivity index (χ1) is 11.0. The first-order valence-electron chi connectivity index (χ1n) is 8.29. The van der Waals surface area contributed by atoms with Crippen molar-refractivity contribution in [3.63, 3.8) is 0 Å². The Kier molecular flexibility index (Phi) is 10.1. The summed E-state index contributed by atoms with van der Waals surface area (Å²) in [6.07, 6.45) is 0.781. The second-order valence-electron chi connectivity index (χ2n) is 7.45. The molecule has 142 valence electrons. The second kappa shape index (κ2) is 10.6. The van der Waals surface area contributed by atoms with Crippen LogP contribution < -0.4 is 0 Å². The fourth-order valence-electron chi connectivity index (χ4n) is 2.15. The summed E-state index contributed by atoms with van der Waals surface area (Å²) in [6, 6.07) is 0. The Morgan fingerprint density at radius 3 is 2.21 bits per heavy atom. The topological polar surface area (TPSA) is 65.1 Å². The summed E-state index contributed by atoms with van der Waals surface area (Å²) in [4.78, 5) is 25.4. The summed E-state index contributed by atoms with van der Waals surface area (Å²) in [7, 11) is 9.95. The van der Waals surface area contributed by atoms with Crippen LogP contribution in [0.1, 0.15) is 20.3 Å². The molecule has 0 aromatic carbocycles. The number of nitrogens with zero attached hydrogens (tertiary/aromatic N) is 2. The van der Waals surface area contributed by atoms with E-state index >= 15 is 0 Å². The quantitative estimate of drug-likeness (QED) is 0.295. The Labute approximate surface area is 146 Å². The van der Waals surface area contributed by atoms with E-state index in [2.05, 4.69) is 33.1 Å². The van der Waals surface area contributed by atoms with E-state index in [0.717, 1.165) is 30.5 Å². The van der Waals surface area contributed by atoms with Crippen molar-refractivity contribution in [1.82, 2.24) is 4.90 Å². The molecule has 0 aliphatic rings. The molecule has 0 rings (SSSR count). The molecule has 0 saturated heterocycles. The molecule has 24 heavy (non-hydrogen) atoms. The lowest BCUT2D eigenvalue weighted by atomic mass is 9.93. The molecule has 0 radical (unpaired) electrons. The predicted molar refractivity (Wildman–Crippen MR) is 92.6 cm³/mol. The Balaban J connectivity index is 4.31. The van der Waals surface area contributed by atoms with Gasteiger partial charge in [0.1, 0.15) is 12.0 Å². The van der Waals surface area contributed by atoms with Crippen molar-refractivity contribution in [2.75, 3.05) is 74.8 Å². The average molecular weight is 347 g/mol. The number of carbonyl (C=O) groups excluding carboxylic acids is 2. The van der Waals surface area contributed by atoms with E-state index in [9.17, 15) is 9.59 Å². The van der Waals surface area contributed by atoms with Crippen LogP contribution in [0.3, 0.4) is 0 Å². The maximum Gasteiger partial charge on any atom is 0.317 e. The summed E-state index contributed by atoms with van der Waals surface area (Å²) in [5.41, 5.74) is -0.976. The fourth-order valence-corrected chi connectivity index (χ4v) is 2.15. The molecule has 0 saturated carbocycles. The Morgan fingerprint density at radius 2 is 1.71 bits per heavy atom. The molecule has 1 unspecified atom stereocenters. The standard InChI is InChI=1S/C17H35N2O5/c1-15(20)24-14-17(2,13-22-7)16(21)23-12-8-10-19(5,6)11-9-18(3)4/h8-14H2,1-7H3/q+1. The van der Waals surface area contributed by atoms with Crippen molar-refractivity contribution in [3.8, 4) is 0 Å². The molecule has 1 atom stereocenters. The van der Waals surface area contributed by atoms with Crippen LogP contribution in [0.4, 0.5) is 0 Å². The first kappa shape index (κ1) is 22.8. The summed E-state index contributed by atoms with van der Waals surface area (Å²) < 4.78 is 16.3. The van der Waals surface area contributed by atoms with Crippen LogP contribution in [0.5, 0.6) is 0 Å². The molecule has 0 aromatic heterocycles. The van der Waals surface area contributed by atoms with Crippen LogP contribution in [-0.4, -0.2) is 96.1 Å². The van der Waals surface area contributed by atoms with Crippen molar-refractivity contribution < 1.29 is 28.3 Å². The highest BCUT2D eigenvalue weighted by Crippen LogP contribution is 2.20. The van der Waals surface area contributed by atoms with E-state index in [1.807, 2.05) is 0 Å². The normalized spacial score (nSPS) is 14.3. The van der Waals surface area contributed by atoms with Gasteiger partial charge in [0, 0.05) is 27.0 Å². The molecule has 0 amide bonds. The molecule has 7 nitrogen and oxygen atoms in total. The van der Waals surface area contributed by atoms with Crippen molar-refractivity contribution in [2.24, 2.45) is 5.41 Å². The number of carbonyl (C=O) groups is 2. The lowest BCUT2D eigenvalue weighted by Gasteiger charge is -2.31. The zero-order chi connectivity index (χ0) is 18.8. The zero-order valence-corrected chi connectivity index (χ0v) is 16.4. The zero-order valence-electron chi connectivity index (χ0n) is 16.4. The fraction of sp³-hybridized carbons (Fsp3) is 0.882. The minimum Gasteiger partial charge on any atom is -0.465 e. The molecular weight excluding hydrogens is 312 g/mol. The molecule has 0 aliphatic heterocycles. The van der Waals surface area contributed by atoms with E-state index < -0.39 is 17.4 Å². The van der Waals surface area contributed by atoms with Gasteiger partial charge in [0.05, 0.1) is 40.4 Å². The van der Waals surface area contributed by atoms with E-state index in [0.29, 0.717) is 6.61 Å². The van der Waals surface area contributed by atoms with Gasteiger partial charge < -0.3 is 23.6 Å². The smallest absolute Gasteiger partial charge is 0.317 e. The molecule has 0 aliphatic carbocycles. The van der Waals surface area contributed by atoms with Gasteiger partial charge in [0.2, 0.25) is 0 Å². The molecular formula is C17H35N2O5+. The van der Waals surface area contributed by atoms with Crippen molar-refractivity contribution >= 4 is 11.9 Å². The van der Waals surface area contributed by atoms with Gasteiger partial charge in [-0.2, -0.15) is 0 Å². The molecule has 0 bridgehead atoms. The molecule has 0 heterocycles. The lowest BCUT2D eigenvalue weighted by Crippen LogP contribution is -2.45. The van der Waals surface area contributed by atoms with Crippen LogP contribution >= 0.6 is 0 Å². The summed E-state index contributed by atoms with van der Waals surface area (Å²) in [5, 5.41) is 0.